The van der Waals surface area contributed by atoms with Crippen molar-refractivity contribution in [1.29, 1.82) is 0 Å². The van der Waals surface area contributed by atoms with E-state index in [1.165, 1.54) is 0 Å². The summed E-state index contributed by atoms with van der Waals surface area (Å²) in [4.78, 5) is 11.1. The Morgan fingerprint density at radius 1 is 1.03 bits per heavy atom. The van der Waals surface area contributed by atoms with Crippen molar-refractivity contribution in [2.75, 3.05) is 31.2 Å². The quantitative estimate of drug-likeness (QED) is 0.391. The Morgan fingerprint density at radius 2 is 1.77 bits per heavy atom. The maximum Gasteiger partial charge on any atom is 0.259 e. The van der Waals surface area contributed by atoms with Crippen LogP contribution in [0.3, 0.4) is 0 Å². The van der Waals surface area contributed by atoms with Gasteiger partial charge >= 0.3 is 0 Å². The number of fused-ring (bicyclic) bond motifs is 1. The van der Waals surface area contributed by atoms with Gasteiger partial charge in [-0.25, -0.2) is 4.98 Å². The fraction of sp³-hybridized carbons (Fsp3) is 0.318. The summed E-state index contributed by atoms with van der Waals surface area (Å²) in [5.74, 6) is 2.01. The van der Waals surface area contributed by atoms with E-state index in [-0.39, 0.29) is 0 Å². The van der Waals surface area contributed by atoms with Gasteiger partial charge in [-0.2, -0.15) is 4.98 Å². The van der Waals surface area contributed by atoms with Crippen LogP contribution in [-0.2, 0) is 5.54 Å². The normalized spacial score (nSPS) is 11.9. The van der Waals surface area contributed by atoms with Crippen molar-refractivity contribution >= 4 is 16.8 Å². The molecule has 9 nitrogen and oxygen atoms in total. The third-order valence-corrected chi connectivity index (χ3v) is 5.34. The number of aliphatic hydroxyl groups is 2. The molecule has 0 atom stereocenters. The average molecular weight is 423 g/mol. The molecule has 0 saturated carbocycles. The lowest BCUT2D eigenvalue weighted by molar-refractivity contribution is 0.105. The molecule has 162 valence electrons. The summed E-state index contributed by atoms with van der Waals surface area (Å²) in [6.45, 7) is 5.06. The van der Waals surface area contributed by atoms with Gasteiger partial charge in [0, 0.05) is 30.2 Å². The predicted octanol–water partition coefficient (Wildman–Crippen LogP) is 2.53. The van der Waals surface area contributed by atoms with E-state index < -0.39 is 18.8 Å². The predicted molar refractivity (Wildman–Crippen MR) is 116 cm³/mol. The molecule has 0 aliphatic rings. The molecule has 9 heteroatoms. The molecule has 4 rings (SSSR count). The van der Waals surface area contributed by atoms with Gasteiger partial charge in [0.25, 0.3) is 5.89 Å². The van der Waals surface area contributed by atoms with Crippen LogP contribution in [-0.4, -0.2) is 51.6 Å². The number of aliphatic hydroxyl groups excluding tert-OH is 2. The summed E-state index contributed by atoms with van der Waals surface area (Å²) >= 11 is 0. The number of anilines is 1. The number of rotatable bonds is 8. The van der Waals surface area contributed by atoms with Gasteiger partial charge in [-0.3, -0.25) is 0 Å². The molecular formula is C22H25N5O4. The number of pyridine rings is 1. The van der Waals surface area contributed by atoms with E-state index in [4.69, 9.17) is 14.7 Å². The summed E-state index contributed by atoms with van der Waals surface area (Å²) < 4.78 is 11.1. The lowest BCUT2D eigenvalue weighted by atomic mass is 10.00. The van der Waals surface area contributed by atoms with Gasteiger partial charge in [0.05, 0.1) is 18.8 Å². The highest BCUT2D eigenvalue weighted by Gasteiger charge is 2.30. The number of nitrogens with zero attached hydrogens (tertiary/aromatic N) is 4. The summed E-state index contributed by atoms with van der Waals surface area (Å²) in [7, 11) is 0. The Hall–Kier alpha value is -3.27. The standard InChI is InChI=1S/C22H25N5O4/c1-3-27(4-2)19-8-6-15(11-24-19)21-25-20(26-31-21)14-5-7-17-16(9-14)10-18(30-17)22(23,12-28)13-29/h5-11,28-29H,3-4,12-13,23H2,1-2H3. The minimum atomic E-state index is -1.34. The summed E-state index contributed by atoms with van der Waals surface area (Å²) in [5, 5.41) is 23.8. The maximum absolute atomic E-state index is 9.50. The first-order valence-electron chi connectivity index (χ1n) is 10.1. The topological polar surface area (TPSA) is 135 Å². The summed E-state index contributed by atoms with van der Waals surface area (Å²) in [5.41, 5.74) is 6.71. The molecule has 3 heterocycles. The zero-order valence-electron chi connectivity index (χ0n) is 17.4. The number of benzene rings is 1. The van der Waals surface area contributed by atoms with Crippen molar-refractivity contribution in [2.45, 2.75) is 19.4 Å². The minimum Gasteiger partial charge on any atom is -0.459 e. The highest BCUT2D eigenvalue weighted by atomic mass is 16.5. The minimum absolute atomic E-state index is 0.304. The zero-order valence-corrected chi connectivity index (χ0v) is 17.4. The first-order chi connectivity index (χ1) is 15.0. The maximum atomic E-state index is 9.50. The lowest BCUT2D eigenvalue weighted by Crippen LogP contribution is -2.43. The summed E-state index contributed by atoms with van der Waals surface area (Å²) in [6.07, 6.45) is 1.72. The molecule has 31 heavy (non-hydrogen) atoms. The molecule has 0 saturated heterocycles. The molecule has 0 amide bonds. The third kappa shape index (κ3) is 3.90. The molecule has 4 N–H and O–H groups in total. The third-order valence-electron chi connectivity index (χ3n) is 5.34. The fourth-order valence-electron chi connectivity index (χ4n) is 3.34. The monoisotopic (exact) mass is 423 g/mol. The molecule has 0 aliphatic carbocycles. The molecule has 0 spiro atoms. The first kappa shape index (κ1) is 21.0. The van der Waals surface area contributed by atoms with Gasteiger partial charge < -0.3 is 29.8 Å². The first-order valence-corrected chi connectivity index (χ1v) is 10.1. The molecule has 0 bridgehead atoms. The molecule has 0 radical (unpaired) electrons. The number of hydrogen-bond acceptors (Lipinski definition) is 9. The van der Waals surface area contributed by atoms with Crippen LogP contribution >= 0.6 is 0 Å². The highest BCUT2D eigenvalue weighted by molar-refractivity contribution is 5.83. The number of furan rings is 1. The zero-order chi connectivity index (χ0) is 22.0. The smallest absolute Gasteiger partial charge is 0.259 e. The summed E-state index contributed by atoms with van der Waals surface area (Å²) in [6, 6.07) is 11.0. The van der Waals surface area contributed by atoms with Crippen LogP contribution in [0.25, 0.3) is 33.8 Å². The van der Waals surface area contributed by atoms with Crippen LogP contribution in [0.4, 0.5) is 5.82 Å². The van der Waals surface area contributed by atoms with Crippen LogP contribution in [0, 0.1) is 0 Å². The Balaban J connectivity index is 1.61. The Labute approximate surface area is 179 Å². The lowest BCUT2D eigenvalue weighted by Gasteiger charge is -2.21. The molecule has 0 unspecified atom stereocenters. The Bertz CT molecular complexity index is 1160. The van der Waals surface area contributed by atoms with Gasteiger partial charge in [0.1, 0.15) is 22.7 Å². The van der Waals surface area contributed by atoms with Crippen molar-refractivity contribution < 1.29 is 19.2 Å². The number of nitrogens with two attached hydrogens (primary N) is 1. The van der Waals surface area contributed by atoms with Gasteiger partial charge in [-0.1, -0.05) is 5.16 Å². The molecule has 4 aromatic rings. The van der Waals surface area contributed by atoms with Crippen LogP contribution in [0.2, 0.25) is 0 Å². The van der Waals surface area contributed by atoms with Crippen molar-refractivity contribution in [3.8, 4) is 22.8 Å². The van der Waals surface area contributed by atoms with Gasteiger partial charge in [-0.05, 0) is 50.2 Å². The van der Waals surface area contributed by atoms with E-state index >= 15 is 0 Å². The Kier molecular flexibility index (Phi) is 5.73. The molecule has 0 aliphatic heterocycles. The van der Waals surface area contributed by atoms with E-state index in [0.717, 1.165) is 35.4 Å². The number of hydrogen-bond donors (Lipinski definition) is 3. The van der Waals surface area contributed by atoms with Crippen LogP contribution in [0.15, 0.2) is 51.5 Å². The second-order valence-corrected chi connectivity index (χ2v) is 7.34. The highest BCUT2D eigenvalue weighted by Crippen LogP contribution is 2.30. The molecule has 1 aromatic carbocycles. The van der Waals surface area contributed by atoms with Gasteiger partial charge in [0.2, 0.25) is 5.82 Å². The van der Waals surface area contributed by atoms with Crippen molar-refractivity contribution in [1.82, 2.24) is 15.1 Å². The molecular weight excluding hydrogens is 398 g/mol. The average Bonchev–Trinajstić information content (AvgIpc) is 3.47. The van der Waals surface area contributed by atoms with Crippen LogP contribution < -0.4 is 10.6 Å². The van der Waals surface area contributed by atoms with Crippen molar-refractivity contribution in [3.05, 3.63) is 48.4 Å². The molecule has 3 aromatic heterocycles. The second-order valence-electron chi connectivity index (χ2n) is 7.34. The van der Waals surface area contributed by atoms with E-state index in [0.29, 0.717) is 23.1 Å². The fourth-order valence-corrected chi connectivity index (χ4v) is 3.34. The van der Waals surface area contributed by atoms with E-state index in [2.05, 4.69) is 33.9 Å². The van der Waals surface area contributed by atoms with E-state index in [1.54, 1.807) is 18.3 Å². The van der Waals surface area contributed by atoms with E-state index in [1.807, 2.05) is 24.3 Å². The largest absolute Gasteiger partial charge is 0.459 e. The van der Waals surface area contributed by atoms with Gasteiger partial charge in [-0.15, -0.1) is 0 Å². The van der Waals surface area contributed by atoms with Crippen LogP contribution in [0.1, 0.15) is 19.6 Å². The van der Waals surface area contributed by atoms with Crippen LogP contribution in [0.5, 0.6) is 0 Å². The number of aromatic nitrogens is 3. The SMILES string of the molecule is CCN(CC)c1ccc(-c2nc(-c3ccc4oc(C(N)(CO)CO)cc4c3)no2)cn1. The Morgan fingerprint density at radius 3 is 2.42 bits per heavy atom. The van der Waals surface area contributed by atoms with E-state index in [9.17, 15) is 10.2 Å². The second kappa shape index (κ2) is 8.46. The molecule has 0 fully saturated rings. The van der Waals surface area contributed by atoms with Gasteiger partial charge in [0.15, 0.2) is 0 Å². The van der Waals surface area contributed by atoms with Crippen molar-refractivity contribution in [2.24, 2.45) is 5.73 Å². The van der Waals surface area contributed by atoms with Crippen molar-refractivity contribution in [3.63, 3.8) is 0 Å².